The van der Waals surface area contributed by atoms with E-state index in [1.54, 1.807) is 0 Å². The Balaban J connectivity index is 1.81. The Morgan fingerprint density at radius 3 is 2.25 bits per heavy atom. The molecule has 0 aliphatic heterocycles. The predicted octanol–water partition coefficient (Wildman–Crippen LogP) is 2.23. The minimum absolute atomic E-state index is 0.0440. The van der Waals surface area contributed by atoms with Crippen LogP contribution in [0.5, 0.6) is 0 Å². The Morgan fingerprint density at radius 1 is 0.950 bits per heavy atom. The van der Waals surface area contributed by atoms with Crippen LogP contribution in [0.4, 0.5) is 0 Å². The normalized spacial score (nSPS) is 11.4. The van der Waals surface area contributed by atoms with Crippen molar-refractivity contribution >= 4 is 0 Å². The molecule has 2 aromatic carbocycles. The van der Waals surface area contributed by atoms with Gasteiger partial charge in [0.2, 0.25) is 0 Å². The fourth-order valence-electron chi connectivity index (χ4n) is 1.96. The molecule has 20 heavy (non-hydrogen) atoms. The topological polar surface area (TPSA) is 32.3 Å². The maximum atomic E-state index is 9.39. The van der Waals surface area contributed by atoms with Crippen LogP contribution in [0.1, 0.15) is 11.1 Å². The lowest BCUT2D eigenvalue weighted by molar-refractivity contribution is 0.245. The van der Waals surface area contributed by atoms with E-state index >= 15 is 0 Å². The highest BCUT2D eigenvalue weighted by atomic mass is 16.3. The van der Waals surface area contributed by atoms with Crippen molar-refractivity contribution in [2.75, 3.05) is 13.2 Å². The second kappa shape index (κ2) is 8.16. The molecule has 0 fully saturated rings. The SMILES string of the molecule is OCC(Cc1ccccc1)NCC#Cc1ccccc1. The van der Waals surface area contributed by atoms with Crippen LogP contribution in [-0.2, 0) is 6.42 Å². The smallest absolute Gasteiger partial charge is 0.0588 e. The van der Waals surface area contributed by atoms with Crippen molar-refractivity contribution in [3.8, 4) is 11.8 Å². The standard InChI is InChI=1S/C18H19NO/c20-15-18(14-17-10-5-2-6-11-17)19-13-7-12-16-8-3-1-4-9-16/h1-6,8-11,18-20H,13-15H2. The van der Waals surface area contributed by atoms with Gasteiger partial charge in [-0.2, -0.15) is 0 Å². The molecule has 0 aliphatic carbocycles. The molecule has 0 aliphatic rings. The number of benzene rings is 2. The first-order chi connectivity index (χ1) is 9.88. The van der Waals surface area contributed by atoms with Gasteiger partial charge in [0.1, 0.15) is 0 Å². The van der Waals surface area contributed by atoms with Gasteiger partial charge in [-0.3, -0.25) is 0 Å². The molecule has 2 N–H and O–H groups in total. The lowest BCUT2D eigenvalue weighted by Gasteiger charge is -2.14. The van der Waals surface area contributed by atoms with Crippen molar-refractivity contribution in [1.29, 1.82) is 0 Å². The first-order valence-corrected chi connectivity index (χ1v) is 6.80. The van der Waals surface area contributed by atoms with E-state index in [0.29, 0.717) is 6.54 Å². The van der Waals surface area contributed by atoms with E-state index in [0.717, 1.165) is 12.0 Å². The zero-order chi connectivity index (χ0) is 14.0. The summed E-state index contributed by atoms with van der Waals surface area (Å²) in [4.78, 5) is 0. The molecule has 2 nitrogen and oxygen atoms in total. The van der Waals surface area contributed by atoms with Crippen molar-refractivity contribution < 1.29 is 5.11 Å². The summed E-state index contributed by atoms with van der Waals surface area (Å²) in [7, 11) is 0. The predicted molar refractivity (Wildman–Crippen MR) is 82.3 cm³/mol. The van der Waals surface area contributed by atoms with E-state index in [4.69, 9.17) is 0 Å². The van der Waals surface area contributed by atoms with Gasteiger partial charge in [0.25, 0.3) is 0 Å². The molecule has 0 saturated carbocycles. The maximum absolute atomic E-state index is 9.39. The second-order valence-corrected chi connectivity index (χ2v) is 4.62. The molecule has 1 unspecified atom stereocenters. The first-order valence-electron chi connectivity index (χ1n) is 6.80. The van der Waals surface area contributed by atoms with Crippen LogP contribution in [0.25, 0.3) is 0 Å². The second-order valence-electron chi connectivity index (χ2n) is 4.62. The summed E-state index contributed by atoms with van der Waals surface area (Å²) in [5.41, 5.74) is 2.23. The zero-order valence-electron chi connectivity index (χ0n) is 11.4. The Hall–Kier alpha value is -2.08. The molecule has 0 saturated heterocycles. The van der Waals surface area contributed by atoms with Gasteiger partial charge in [0, 0.05) is 11.6 Å². The Labute approximate surface area is 120 Å². The Bertz CT molecular complexity index is 554. The molecular formula is C18H19NO. The molecule has 2 rings (SSSR count). The average molecular weight is 265 g/mol. The van der Waals surface area contributed by atoms with Crippen LogP contribution in [0.15, 0.2) is 60.7 Å². The summed E-state index contributed by atoms with van der Waals surface area (Å²) in [5.74, 6) is 6.17. The number of aliphatic hydroxyl groups is 1. The monoisotopic (exact) mass is 265 g/mol. The highest BCUT2D eigenvalue weighted by Crippen LogP contribution is 2.02. The van der Waals surface area contributed by atoms with E-state index in [2.05, 4.69) is 29.3 Å². The first kappa shape index (κ1) is 14.3. The van der Waals surface area contributed by atoms with Gasteiger partial charge in [-0.05, 0) is 24.1 Å². The molecule has 2 heteroatoms. The van der Waals surface area contributed by atoms with Crippen molar-refractivity contribution in [3.63, 3.8) is 0 Å². The van der Waals surface area contributed by atoms with Crippen LogP contribution in [-0.4, -0.2) is 24.3 Å². The summed E-state index contributed by atoms with van der Waals surface area (Å²) < 4.78 is 0. The minimum Gasteiger partial charge on any atom is -0.395 e. The number of hydrogen-bond donors (Lipinski definition) is 2. The van der Waals surface area contributed by atoms with E-state index < -0.39 is 0 Å². The minimum atomic E-state index is 0.0440. The summed E-state index contributed by atoms with van der Waals surface area (Å²) in [5, 5.41) is 12.7. The fourth-order valence-corrected chi connectivity index (χ4v) is 1.96. The number of hydrogen-bond acceptors (Lipinski definition) is 2. The summed E-state index contributed by atoms with van der Waals surface area (Å²) in [6.07, 6.45) is 0.810. The summed E-state index contributed by atoms with van der Waals surface area (Å²) >= 11 is 0. The molecule has 0 heterocycles. The largest absolute Gasteiger partial charge is 0.395 e. The van der Waals surface area contributed by atoms with Crippen LogP contribution in [0.3, 0.4) is 0 Å². The number of rotatable bonds is 5. The summed E-state index contributed by atoms with van der Waals surface area (Å²) in [6, 6.07) is 20.1. The highest BCUT2D eigenvalue weighted by molar-refractivity contribution is 5.33. The van der Waals surface area contributed by atoms with Gasteiger partial charge in [-0.1, -0.05) is 60.4 Å². The van der Waals surface area contributed by atoms with Crippen LogP contribution in [0, 0.1) is 11.8 Å². The molecule has 2 aromatic rings. The van der Waals surface area contributed by atoms with E-state index in [1.165, 1.54) is 5.56 Å². The third-order valence-electron chi connectivity index (χ3n) is 3.03. The Morgan fingerprint density at radius 2 is 1.60 bits per heavy atom. The molecule has 0 amide bonds. The van der Waals surface area contributed by atoms with Gasteiger partial charge in [0.05, 0.1) is 13.2 Å². The third-order valence-corrected chi connectivity index (χ3v) is 3.03. The molecule has 0 spiro atoms. The maximum Gasteiger partial charge on any atom is 0.0588 e. The molecular weight excluding hydrogens is 246 g/mol. The van der Waals surface area contributed by atoms with Crippen LogP contribution < -0.4 is 5.32 Å². The molecule has 0 aromatic heterocycles. The Kier molecular flexibility index (Phi) is 5.85. The van der Waals surface area contributed by atoms with Crippen LogP contribution >= 0.6 is 0 Å². The highest BCUT2D eigenvalue weighted by Gasteiger charge is 2.06. The lowest BCUT2D eigenvalue weighted by Crippen LogP contribution is -2.34. The molecule has 0 bridgehead atoms. The zero-order valence-corrected chi connectivity index (χ0v) is 11.4. The van der Waals surface area contributed by atoms with Crippen molar-refractivity contribution in [3.05, 3.63) is 71.8 Å². The van der Waals surface area contributed by atoms with Gasteiger partial charge in [-0.25, -0.2) is 0 Å². The van der Waals surface area contributed by atoms with Gasteiger partial charge in [-0.15, -0.1) is 0 Å². The average Bonchev–Trinajstić information content (AvgIpc) is 2.52. The fraction of sp³-hybridized carbons (Fsp3) is 0.222. The summed E-state index contributed by atoms with van der Waals surface area (Å²) in [6.45, 7) is 0.689. The molecule has 102 valence electrons. The van der Waals surface area contributed by atoms with Gasteiger partial charge < -0.3 is 10.4 Å². The third kappa shape index (κ3) is 4.89. The number of nitrogens with one attached hydrogen (secondary N) is 1. The van der Waals surface area contributed by atoms with Crippen LogP contribution in [0.2, 0.25) is 0 Å². The van der Waals surface area contributed by atoms with Crippen molar-refractivity contribution in [2.45, 2.75) is 12.5 Å². The van der Waals surface area contributed by atoms with E-state index in [1.807, 2.05) is 48.5 Å². The lowest BCUT2D eigenvalue weighted by atomic mass is 10.1. The van der Waals surface area contributed by atoms with E-state index in [-0.39, 0.29) is 12.6 Å². The molecule has 0 radical (unpaired) electrons. The van der Waals surface area contributed by atoms with Crippen molar-refractivity contribution in [1.82, 2.24) is 5.32 Å². The molecule has 1 atom stereocenters. The van der Waals surface area contributed by atoms with Gasteiger partial charge >= 0.3 is 0 Å². The van der Waals surface area contributed by atoms with E-state index in [9.17, 15) is 5.11 Å². The quantitative estimate of drug-likeness (QED) is 0.813. The van der Waals surface area contributed by atoms with Crippen molar-refractivity contribution in [2.24, 2.45) is 0 Å². The number of aliphatic hydroxyl groups excluding tert-OH is 1. The van der Waals surface area contributed by atoms with Gasteiger partial charge in [0.15, 0.2) is 0 Å².